The van der Waals surface area contributed by atoms with Crippen molar-refractivity contribution < 1.29 is 4.79 Å². The lowest BCUT2D eigenvalue weighted by molar-refractivity contribution is 0.102. The van der Waals surface area contributed by atoms with Crippen LogP contribution in [-0.4, -0.2) is 26.3 Å². The summed E-state index contributed by atoms with van der Waals surface area (Å²) in [7, 11) is 0. The van der Waals surface area contributed by atoms with E-state index in [2.05, 4.69) is 25.7 Å². The molecular weight excluding hydrogens is 208 g/mol. The Kier molecular flexibility index (Phi) is 2.56. The molecule has 0 bridgehead atoms. The summed E-state index contributed by atoms with van der Waals surface area (Å²) in [6.45, 7) is 0. The average molecular weight is 214 g/mol. The third-order valence-corrected chi connectivity index (χ3v) is 1.84. The quantitative estimate of drug-likeness (QED) is 0.748. The summed E-state index contributed by atoms with van der Waals surface area (Å²) in [6, 6.07) is 3.41. The zero-order valence-electron chi connectivity index (χ0n) is 8.01. The minimum Gasteiger partial charge on any atom is -0.306 e. The number of aromatic amines is 1. The second kappa shape index (κ2) is 4.18. The number of nitriles is 1. The van der Waals surface area contributed by atoms with E-state index < -0.39 is 0 Å². The van der Waals surface area contributed by atoms with E-state index in [4.69, 9.17) is 5.26 Å². The molecule has 0 aliphatic carbocycles. The lowest BCUT2D eigenvalue weighted by atomic mass is 10.3. The molecule has 0 fully saturated rings. The number of H-pyrrole nitrogens is 1. The van der Waals surface area contributed by atoms with Crippen LogP contribution in [0.5, 0.6) is 0 Å². The van der Waals surface area contributed by atoms with Crippen molar-refractivity contribution in [3.05, 3.63) is 35.8 Å². The van der Waals surface area contributed by atoms with Gasteiger partial charge in [0.2, 0.25) is 0 Å². The fourth-order valence-electron chi connectivity index (χ4n) is 1.08. The van der Waals surface area contributed by atoms with Gasteiger partial charge in [0.1, 0.15) is 17.5 Å². The number of hydrogen-bond acceptors (Lipinski definition) is 5. The summed E-state index contributed by atoms with van der Waals surface area (Å²) >= 11 is 0. The number of amides is 1. The molecule has 2 aromatic heterocycles. The standard InChI is InChI=1S/C9H6N6O/c10-3-7-5-13-15-8(7)14-9(16)6-1-2-11-12-4-6/h1-2,4-5H,(H2,13,14,15,16). The van der Waals surface area contributed by atoms with E-state index in [9.17, 15) is 4.79 Å². The van der Waals surface area contributed by atoms with E-state index in [1.807, 2.05) is 6.07 Å². The largest absolute Gasteiger partial charge is 0.306 e. The van der Waals surface area contributed by atoms with Crippen LogP contribution < -0.4 is 5.32 Å². The second-order valence-electron chi connectivity index (χ2n) is 2.86. The van der Waals surface area contributed by atoms with Gasteiger partial charge in [-0.15, -0.1) is 0 Å². The van der Waals surface area contributed by atoms with Crippen LogP contribution in [0, 0.1) is 11.3 Å². The molecule has 0 atom stereocenters. The Bertz CT molecular complexity index is 541. The van der Waals surface area contributed by atoms with E-state index in [1.165, 1.54) is 24.7 Å². The second-order valence-corrected chi connectivity index (χ2v) is 2.86. The lowest BCUT2D eigenvalue weighted by Crippen LogP contribution is -2.13. The minimum absolute atomic E-state index is 0.268. The first-order valence-corrected chi connectivity index (χ1v) is 4.33. The van der Waals surface area contributed by atoms with Gasteiger partial charge in [-0.2, -0.15) is 20.6 Å². The average Bonchev–Trinajstić information content (AvgIpc) is 2.77. The first-order chi connectivity index (χ1) is 7.81. The van der Waals surface area contributed by atoms with E-state index in [0.717, 1.165) is 0 Å². The maximum Gasteiger partial charge on any atom is 0.258 e. The minimum atomic E-state index is -0.379. The molecule has 2 aromatic rings. The summed E-state index contributed by atoms with van der Waals surface area (Å²) in [5.74, 6) is -0.111. The molecule has 0 saturated heterocycles. The normalized spacial score (nSPS) is 9.44. The van der Waals surface area contributed by atoms with Crippen molar-refractivity contribution in [2.45, 2.75) is 0 Å². The molecule has 1 amide bonds. The molecule has 7 nitrogen and oxygen atoms in total. The highest BCUT2D eigenvalue weighted by atomic mass is 16.1. The van der Waals surface area contributed by atoms with Gasteiger partial charge in [-0.05, 0) is 6.07 Å². The predicted molar refractivity (Wildman–Crippen MR) is 53.3 cm³/mol. The van der Waals surface area contributed by atoms with Gasteiger partial charge >= 0.3 is 0 Å². The molecule has 0 aliphatic rings. The summed E-state index contributed by atoms with van der Waals surface area (Å²) in [5, 5.41) is 24.5. The maximum absolute atomic E-state index is 11.6. The van der Waals surface area contributed by atoms with Gasteiger partial charge in [-0.1, -0.05) is 0 Å². The highest BCUT2D eigenvalue weighted by Gasteiger charge is 2.10. The molecule has 0 saturated carbocycles. The molecule has 0 radical (unpaired) electrons. The molecule has 78 valence electrons. The smallest absolute Gasteiger partial charge is 0.258 e. The molecule has 0 aromatic carbocycles. The monoisotopic (exact) mass is 214 g/mol. The third kappa shape index (κ3) is 1.85. The van der Waals surface area contributed by atoms with Gasteiger partial charge in [-0.25, -0.2) is 0 Å². The summed E-state index contributed by atoms with van der Waals surface area (Å²) in [5.41, 5.74) is 0.629. The van der Waals surface area contributed by atoms with Gasteiger partial charge < -0.3 is 5.32 Å². The van der Waals surface area contributed by atoms with Gasteiger partial charge in [0.15, 0.2) is 0 Å². The SMILES string of the molecule is N#Cc1cn[nH]c1NC(=O)c1ccnnc1. The molecular formula is C9H6N6O. The highest BCUT2D eigenvalue weighted by Crippen LogP contribution is 2.10. The van der Waals surface area contributed by atoms with Crippen LogP contribution in [0.1, 0.15) is 15.9 Å². The summed E-state index contributed by atoms with van der Waals surface area (Å²) in [6.07, 6.45) is 4.07. The molecule has 0 spiro atoms. The van der Waals surface area contributed by atoms with E-state index in [1.54, 1.807) is 0 Å². The summed E-state index contributed by atoms with van der Waals surface area (Å²) in [4.78, 5) is 11.6. The number of aromatic nitrogens is 4. The van der Waals surface area contributed by atoms with Crippen LogP contribution >= 0.6 is 0 Å². The Labute approximate surface area is 90.1 Å². The third-order valence-electron chi connectivity index (χ3n) is 1.84. The zero-order chi connectivity index (χ0) is 11.4. The number of hydrogen-bond donors (Lipinski definition) is 2. The summed E-state index contributed by atoms with van der Waals surface area (Å²) < 4.78 is 0. The van der Waals surface area contributed by atoms with E-state index in [0.29, 0.717) is 5.56 Å². The van der Waals surface area contributed by atoms with Gasteiger partial charge in [0.25, 0.3) is 5.91 Å². The number of carbonyl (C=O) groups excluding carboxylic acids is 1. The Morgan fingerprint density at radius 3 is 3.00 bits per heavy atom. The van der Waals surface area contributed by atoms with Crippen molar-refractivity contribution >= 4 is 11.7 Å². The van der Waals surface area contributed by atoms with Crippen molar-refractivity contribution in [3.8, 4) is 6.07 Å². The first-order valence-electron chi connectivity index (χ1n) is 4.33. The Balaban J connectivity index is 2.18. The van der Waals surface area contributed by atoms with Crippen LogP contribution in [-0.2, 0) is 0 Å². The Morgan fingerprint density at radius 2 is 2.31 bits per heavy atom. The van der Waals surface area contributed by atoms with Crippen molar-refractivity contribution in [2.24, 2.45) is 0 Å². The fourth-order valence-corrected chi connectivity index (χ4v) is 1.08. The first kappa shape index (κ1) is 9.79. The van der Waals surface area contributed by atoms with Crippen LogP contribution in [0.15, 0.2) is 24.7 Å². The number of rotatable bonds is 2. The van der Waals surface area contributed by atoms with Gasteiger partial charge in [-0.3, -0.25) is 9.89 Å². The van der Waals surface area contributed by atoms with Crippen LogP contribution in [0.4, 0.5) is 5.82 Å². The van der Waals surface area contributed by atoms with Crippen LogP contribution in [0.3, 0.4) is 0 Å². The molecule has 16 heavy (non-hydrogen) atoms. The van der Waals surface area contributed by atoms with Crippen molar-refractivity contribution in [2.75, 3.05) is 5.32 Å². The fraction of sp³-hybridized carbons (Fsp3) is 0. The molecule has 2 heterocycles. The van der Waals surface area contributed by atoms with Crippen molar-refractivity contribution in [1.82, 2.24) is 20.4 Å². The Morgan fingerprint density at radius 1 is 1.44 bits per heavy atom. The van der Waals surface area contributed by atoms with Crippen molar-refractivity contribution in [1.29, 1.82) is 5.26 Å². The number of nitrogens with one attached hydrogen (secondary N) is 2. The van der Waals surface area contributed by atoms with Gasteiger partial charge in [0.05, 0.1) is 24.2 Å². The van der Waals surface area contributed by atoms with Gasteiger partial charge in [0, 0.05) is 0 Å². The van der Waals surface area contributed by atoms with Crippen LogP contribution in [0.25, 0.3) is 0 Å². The highest BCUT2D eigenvalue weighted by molar-refractivity contribution is 6.03. The predicted octanol–water partition coefficient (Wildman–Crippen LogP) is 0.324. The molecule has 0 aliphatic heterocycles. The number of carbonyl (C=O) groups is 1. The van der Waals surface area contributed by atoms with E-state index >= 15 is 0 Å². The topological polar surface area (TPSA) is 107 Å². The Hall–Kier alpha value is -2.75. The lowest BCUT2D eigenvalue weighted by Gasteiger charge is -2.01. The molecule has 0 unspecified atom stereocenters. The van der Waals surface area contributed by atoms with E-state index in [-0.39, 0.29) is 17.3 Å². The zero-order valence-corrected chi connectivity index (χ0v) is 8.01. The van der Waals surface area contributed by atoms with Crippen LogP contribution in [0.2, 0.25) is 0 Å². The number of anilines is 1. The maximum atomic E-state index is 11.6. The molecule has 2 rings (SSSR count). The van der Waals surface area contributed by atoms with Crippen molar-refractivity contribution in [3.63, 3.8) is 0 Å². The molecule has 7 heteroatoms. The number of nitrogens with zero attached hydrogens (tertiary/aromatic N) is 4. The molecule has 2 N–H and O–H groups in total.